The Hall–Kier alpha value is -1.94. The Balaban J connectivity index is 1.88. The van der Waals surface area contributed by atoms with Crippen LogP contribution in [0.4, 0.5) is 0 Å². The van der Waals surface area contributed by atoms with E-state index in [4.69, 9.17) is 12.2 Å². The van der Waals surface area contributed by atoms with E-state index in [-0.39, 0.29) is 0 Å². The maximum atomic E-state index is 5.72. The lowest BCUT2D eigenvalue weighted by molar-refractivity contribution is 0.398. The van der Waals surface area contributed by atoms with Gasteiger partial charge in [-0.2, -0.15) is 0 Å². The number of aryl methyl sites for hydroxylation is 1. The van der Waals surface area contributed by atoms with Crippen LogP contribution in [0.3, 0.4) is 0 Å². The molecule has 1 aromatic heterocycles. The molecule has 0 aliphatic rings. The maximum Gasteiger partial charge on any atom is 0.169 e. The molecular weight excluding hydrogens is 350 g/mol. The summed E-state index contributed by atoms with van der Waals surface area (Å²) in [5.41, 5.74) is 3.78. The summed E-state index contributed by atoms with van der Waals surface area (Å²) in [4.78, 5) is 6.36. The van der Waals surface area contributed by atoms with Crippen molar-refractivity contribution in [2.75, 3.05) is 6.54 Å². The Morgan fingerprint density at radius 3 is 2.15 bits per heavy atom. The molecule has 4 heteroatoms. The van der Waals surface area contributed by atoms with Crippen LogP contribution >= 0.6 is 12.2 Å². The SMILES string of the molecule is CCCCCCCCNC(=S)N(Cc1ccncc1)Cc1ccc(C)cc1. The molecule has 0 unspecified atom stereocenters. The van der Waals surface area contributed by atoms with E-state index in [1.165, 1.54) is 55.2 Å². The third kappa shape index (κ3) is 8.53. The van der Waals surface area contributed by atoms with Gasteiger partial charge in [0.15, 0.2) is 5.11 Å². The minimum Gasteiger partial charge on any atom is -0.363 e. The molecule has 0 atom stereocenters. The summed E-state index contributed by atoms with van der Waals surface area (Å²) >= 11 is 5.72. The Bertz CT molecular complexity index is 655. The highest BCUT2D eigenvalue weighted by atomic mass is 32.1. The van der Waals surface area contributed by atoms with Crippen molar-refractivity contribution in [1.82, 2.24) is 15.2 Å². The van der Waals surface area contributed by atoms with Gasteiger partial charge < -0.3 is 10.2 Å². The van der Waals surface area contributed by atoms with E-state index >= 15 is 0 Å². The Morgan fingerprint density at radius 2 is 1.48 bits per heavy atom. The van der Waals surface area contributed by atoms with Crippen LogP contribution in [0, 0.1) is 6.92 Å². The van der Waals surface area contributed by atoms with E-state index in [1.807, 2.05) is 12.4 Å². The first kappa shape index (κ1) is 21.4. The zero-order chi connectivity index (χ0) is 19.3. The van der Waals surface area contributed by atoms with Gasteiger partial charge >= 0.3 is 0 Å². The van der Waals surface area contributed by atoms with Crippen molar-refractivity contribution in [3.05, 3.63) is 65.5 Å². The van der Waals surface area contributed by atoms with Crippen molar-refractivity contribution in [3.8, 4) is 0 Å². The van der Waals surface area contributed by atoms with E-state index in [1.54, 1.807) is 0 Å². The second-order valence-electron chi connectivity index (χ2n) is 7.20. The summed E-state index contributed by atoms with van der Waals surface area (Å²) in [5.74, 6) is 0. The predicted molar refractivity (Wildman–Crippen MR) is 119 cm³/mol. The van der Waals surface area contributed by atoms with Crippen molar-refractivity contribution < 1.29 is 0 Å². The number of hydrogen-bond donors (Lipinski definition) is 1. The lowest BCUT2D eigenvalue weighted by Crippen LogP contribution is -2.39. The molecule has 0 saturated carbocycles. The van der Waals surface area contributed by atoms with E-state index in [9.17, 15) is 0 Å². The number of nitrogens with one attached hydrogen (secondary N) is 1. The molecule has 3 nitrogen and oxygen atoms in total. The van der Waals surface area contributed by atoms with E-state index < -0.39 is 0 Å². The zero-order valence-corrected chi connectivity index (χ0v) is 17.6. The van der Waals surface area contributed by atoms with Crippen LogP contribution in [0.5, 0.6) is 0 Å². The molecule has 1 heterocycles. The summed E-state index contributed by atoms with van der Waals surface area (Å²) < 4.78 is 0. The number of aromatic nitrogens is 1. The number of thiocarbonyl (C=S) groups is 1. The van der Waals surface area contributed by atoms with E-state index in [0.717, 1.165) is 24.7 Å². The lowest BCUT2D eigenvalue weighted by atomic mass is 10.1. The summed E-state index contributed by atoms with van der Waals surface area (Å²) in [6.07, 6.45) is 11.5. The first-order valence-corrected chi connectivity index (χ1v) is 10.6. The molecule has 0 saturated heterocycles. The number of benzene rings is 1. The highest BCUT2D eigenvalue weighted by molar-refractivity contribution is 7.80. The predicted octanol–water partition coefficient (Wildman–Crippen LogP) is 5.63. The number of pyridine rings is 1. The van der Waals surface area contributed by atoms with Crippen LogP contribution in [0.15, 0.2) is 48.8 Å². The monoisotopic (exact) mass is 383 g/mol. The van der Waals surface area contributed by atoms with E-state index in [2.05, 4.69) is 65.4 Å². The van der Waals surface area contributed by atoms with Gasteiger partial charge in [0.2, 0.25) is 0 Å². The summed E-state index contributed by atoms with van der Waals surface area (Å²) in [5, 5.41) is 4.30. The second-order valence-corrected chi connectivity index (χ2v) is 7.58. The summed E-state index contributed by atoms with van der Waals surface area (Å²) in [7, 11) is 0. The highest BCUT2D eigenvalue weighted by Gasteiger charge is 2.11. The van der Waals surface area contributed by atoms with Gasteiger partial charge in [0.1, 0.15) is 0 Å². The van der Waals surface area contributed by atoms with Gasteiger partial charge in [0, 0.05) is 32.0 Å². The van der Waals surface area contributed by atoms with Crippen molar-refractivity contribution in [3.63, 3.8) is 0 Å². The molecule has 0 aliphatic heterocycles. The van der Waals surface area contributed by atoms with Crippen molar-refractivity contribution in [2.45, 2.75) is 65.5 Å². The highest BCUT2D eigenvalue weighted by Crippen LogP contribution is 2.12. The molecule has 146 valence electrons. The molecule has 0 fully saturated rings. The van der Waals surface area contributed by atoms with Gasteiger partial charge in [0.05, 0.1) is 0 Å². The molecule has 1 aromatic carbocycles. The van der Waals surface area contributed by atoms with Crippen LogP contribution in [0.2, 0.25) is 0 Å². The fraction of sp³-hybridized carbons (Fsp3) is 0.478. The second kappa shape index (κ2) is 12.4. The van der Waals surface area contributed by atoms with Crippen LogP contribution < -0.4 is 5.32 Å². The van der Waals surface area contributed by atoms with Gasteiger partial charge in [-0.05, 0) is 48.8 Å². The third-order valence-electron chi connectivity index (χ3n) is 4.71. The number of rotatable bonds is 11. The van der Waals surface area contributed by atoms with Crippen LogP contribution in [-0.4, -0.2) is 21.5 Å². The topological polar surface area (TPSA) is 28.2 Å². The minimum atomic E-state index is 0.790. The minimum absolute atomic E-state index is 0.790. The standard InChI is InChI=1S/C23H33N3S/c1-3-4-5-6-7-8-15-25-23(27)26(19-22-13-16-24-17-14-22)18-21-11-9-20(2)10-12-21/h9-14,16-17H,3-8,15,18-19H2,1-2H3,(H,25,27). The summed E-state index contributed by atoms with van der Waals surface area (Å²) in [6, 6.07) is 12.8. The normalized spacial score (nSPS) is 10.6. The van der Waals surface area contributed by atoms with Crippen molar-refractivity contribution >= 4 is 17.3 Å². The molecular formula is C23H33N3S. The quantitative estimate of drug-likeness (QED) is 0.402. The molecule has 27 heavy (non-hydrogen) atoms. The average Bonchev–Trinajstić information content (AvgIpc) is 2.69. The smallest absolute Gasteiger partial charge is 0.169 e. The summed E-state index contributed by atoms with van der Waals surface area (Å²) in [6.45, 7) is 6.92. The largest absolute Gasteiger partial charge is 0.363 e. The molecule has 0 radical (unpaired) electrons. The number of unbranched alkanes of at least 4 members (excludes halogenated alkanes) is 5. The van der Waals surface area contributed by atoms with Crippen LogP contribution in [0.1, 0.15) is 62.1 Å². The maximum absolute atomic E-state index is 5.72. The third-order valence-corrected chi connectivity index (χ3v) is 5.11. The number of hydrogen-bond acceptors (Lipinski definition) is 2. The Kier molecular flexibility index (Phi) is 9.85. The number of nitrogens with zero attached hydrogens (tertiary/aromatic N) is 2. The van der Waals surface area contributed by atoms with Crippen molar-refractivity contribution in [1.29, 1.82) is 0 Å². The zero-order valence-electron chi connectivity index (χ0n) is 16.8. The Morgan fingerprint density at radius 1 is 0.889 bits per heavy atom. The van der Waals surface area contributed by atoms with Gasteiger partial charge in [-0.25, -0.2) is 0 Å². The van der Waals surface area contributed by atoms with Gasteiger partial charge in [0.25, 0.3) is 0 Å². The first-order chi connectivity index (χ1) is 13.2. The van der Waals surface area contributed by atoms with Gasteiger partial charge in [-0.15, -0.1) is 0 Å². The Labute approximate surface area is 170 Å². The fourth-order valence-electron chi connectivity index (χ4n) is 3.03. The van der Waals surface area contributed by atoms with Gasteiger partial charge in [-0.3, -0.25) is 4.98 Å². The molecule has 2 aromatic rings. The molecule has 1 N–H and O–H groups in total. The average molecular weight is 384 g/mol. The van der Waals surface area contributed by atoms with Crippen LogP contribution in [-0.2, 0) is 13.1 Å². The van der Waals surface area contributed by atoms with E-state index in [0.29, 0.717) is 0 Å². The molecule has 2 rings (SSSR count). The van der Waals surface area contributed by atoms with Crippen LogP contribution in [0.25, 0.3) is 0 Å². The van der Waals surface area contributed by atoms with Gasteiger partial charge in [-0.1, -0.05) is 68.9 Å². The lowest BCUT2D eigenvalue weighted by Gasteiger charge is -2.26. The fourth-order valence-corrected chi connectivity index (χ4v) is 3.27. The van der Waals surface area contributed by atoms with Crippen molar-refractivity contribution in [2.24, 2.45) is 0 Å². The molecule has 0 bridgehead atoms. The molecule has 0 spiro atoms. The molecule has 0 amide bonds. The molecule has 0 aliphatic carbocycles. The first-order valence-electron chi connectivity index (χ1n) is 10.2.